The second-order valence-corrected chi connectivity index (χ2v) is 5.74. The summed E-state index contributed by atoms with van der Waals surface area (Å²) in [5.74, 6) is -0.502. The molecule has 122 valence electrons. The summed E-state index contributed by atoms with van der Waals surface area (Å²) in [6.07, 6.45) is 1.12. The summed E-state index contributed by atoms with van der Waals surface area (Å²) in [4.78, 5) is 22.9. The lowest BCUT2D eigenvalue weighted by atomic mass is 9.99. The molecule has 5 nitrogen and oxygen atoms in total. The smallest absolute Gasteiger partial charge is 0.329 e. The Balaban J connectivity index is 2.36. The number of carbonyl (C=O) groups excluding carboxylic acids is 1. The number of carbonyl (C=O) groups is 2. The van der Waals surface area contributed by atoms with E-state index in [9.17, 15) is 9.59 Å². The van der Waals surface area contributed by atoms with Crippen LogP contribution in [-0.2, 0) is 9.59 Å². The zero-order valence-corrected chi connectivity index (χ0v) is 13.7. The van der Waals surface area contributed by atoms with Crippen molar-refractivity contribution in [2.45, 2.75) is 52.5 Å². The number of ether oxygens (including phenoxy) is 1. The third kappa shape index (κ3) is 5.06. The molecule has 5 heteroatoms. The SMILES string of the molecule is CCC(C)(NC(=O)CCCOc1ccc(C)c(C)c1)C(=O)O. The highest BCUT2D eigenvalue weighted by Crippen LogP contribution is 2.16. The van der Waals surface area contributed by atoms with Crippen LogP contribution in [-0.4, -0.2) is 29.1 Å². The molecule has 0 aliphatic carbocycles. The first-order chi connectivity index (χ1) is 10.3. The van der Waals surface area contributed by atoms with Crippen molar-refractivity contribution in [1.29, 1.82) is 0 Å². The molecule has 1 unspecified atom stereocenters. The second-order valence-electron chi connectivity index (χ2n) is 5.74. The largest absolute Gasteiger partial charge is 0.494 e. The molecule has 0 saturated carbocycles. The van der Waals surface area contributed by atoms with Gasteiger partial charge in [-0.2, -0.15) is 0 Å². The van der Waals surface area contributed by atoms with E-state index in [4.69, 9.17) is 9.84 Å². The first kappa shape index (κ1) is 18.0. The van der Waals surface area contributed by atoms with Crippen LogP contribution in [0.4, 0.5) is 0 Å². The van der Waals surface area contributed by atoms with E-state index in [2.05, 4.69) is 5.32 Å². The van der Waals surface area contributed by atoms with Crippen LogP contribution in [0, 0.1) is 13.8 Å². The van der Waals surface area contributed by atoms with Crippen molar-refractivity contribution >= 4 is 11.9 Å². The third-order valence-corrected chi connectivity index (χ3v) is 3.89. The summed E-state index contributed by atoms with van der Waals surface area (Å²) in [5.41, 5.74) is 1.17. The standard InChI is InChI=1S/C17H25NO4/c1-5-17(4,16(20)21)18-15(19)7-6-10-22-14-9-8-12(2)13(3)11-14/h8-9,11H,5-7,10H2,1-4H3,(H,18,19)(H,20,21). The first-order valence-electron chi connectivity index (χ1n) is 7.53. The molecule has 0 bridgehead atoms. The van der Waals surface area contributed by atoms with Gasteiger partial charge in [0.25, 0.3) is 0 Å². The number of carboxylic acids is 1. The molecular weight excluding hydrogens is 282 g/mol. The van der Waals surface area contributed by atoms with Gasteiger partial charge in [-0.1, -0.05) is 13.0 Å². The van der Waals surface area contributed by atoms with Gasteiger partial charge in [-0.15, -0.1) is 0 Å². The van der Waals surface area contributed by atoms with Crippen LogP contribution in [0.15, 0.2) is 18.2 Å². The van der Waals surface area contributed by atoms with Gasteiger partial charge in [0.05, 0.1) is 6.61 Å². The molecule has 1 aromatic rings. The highest BCUT2D eigenvalue weighted by Gasteiger charge is 2.32. The lowest BCUT2D eigenvalue weighted by Gasteiger charge is -2.24. The number of aryl methyl sites for hydroxylation is 2. The number of hydrogen-bond acceptors (Lipinski definition) is 3. The average Bonchev–Trinajstić information content (AvgIpc) is 2.46. The maximum Gasteiger partial charge on any atom is 0.329 e. The lowest BCUT2D eigenvalue weighted by Crippen LogP contribution is -2.51. The minimum absolute atomic E-state index is 0.244. The summed E-state index contributed by atoms with van der Waals surface area (Å²) in [7, 11) is 0. The third-order valence-electron chi connectivity index (χ3n) is 3.89. The highest BCUT2D eigenvalue weighted by molar-refractivity contribution is 5.86. The zero-order chi connectivity index (χ0) is 16.8. The monoisotopic (exact) mass is 307 g/mol. The number of nitrogens with one attached hydrogen (secondary N) is 1. The van der Waals surface area contributed by atoms with Crippen LogP contribution >= 0.6 is 0 Å². The predicted octanol–water partition coefficient (Wildman–Crippen LogP) is 2.83. The van der Waals surface area contributed by atoms with Crippen LogP contribution in [0.25, 0.3) is 0 Å². The van der Waals surface area contributed by atoms with Crippen LogP contribution in [0.3, 0.4) is 0 Å². The summed E-state index contributed by atoms with van der Waals surface area (Å²) >= 11 is 0. The van der Waals surface area contributed by atoms with Gasteiger partial charge >= 0.3 is 5.97 Å². The fraction of sp³-hybridized carbons (Fsp3) is 0.529. The Morgan fingerprint density at radius 2 is 1.95 bits per heavy atom. The van der Waals surface area contributed by atoms with E-state index in [0.717, 1.165) is 11.3 Å². The van der Waals surface area contributed by atoms with E-state index in [0.29, 0.717) is 19.4 Å². The normalized spacial score (nSPS) is 13.3. The van der Waals surface area contributed by atoms with Gasteiger partial charge in [-0.05, 0) is 56.9 Å². The van der Waals surface area contributed by atoms with Gasteiger partial charge in [0, 0.05) is 6.42 Å². The molecule has 0 aromatic heterocycles. The zero-order valence-electron chi connectivity index (χ0n) is 13.7. The summed E-state index contributed by atoms with van der Waals surface area (Å²) in [6.45, 7) is 7.73. The van der Waals surface area contributed by atoms with E-state index in [1.165, 1.54) is 12.5 Å². The van der Waals surface area contributed by atoms with Gasteiger partial charge in [0.2, 0.25) is 5.91 Å². The molecule has 0 heterocycles. The first-order valence-corrected chi connectivity index (χ1v) is 7.53. The van der Waals surface area contributed by atoms with Gasteiger partial charge in [0.15, 0.2) is 0 Å². The number of amides is 1. The van der Waals surface area contributed by atoms with Crippen molar-refractivity contribution in [1.82, 2.24) is 5.32 Å². The minimum atomic E-state index is -1.20. The number of hydrogen-bond donors (Lipinski definition) is 2. The van der Waals surface area contributed by atoms with Crippen LogP contribution < -0.4 is 10.1 Å². The van der Waals surface area contributed by atoms with Crippen molar-refractivity contribution in [3.05, 3.63) is 29.3 Å². The molecule has 0 saturated heterocycles. The average molecular weight is 307 g/mol. The molecule has 1 amide bonds. The number of benzene rings is 1. The fourth-order valence-electron chi connectivity index (χ4n) is 1.89. The lowest BCUT2D eigenvalue weighted by molar-refractivity contribution is -0.147. The van der Waals surface area contributed by atoms with E-state index in [-0.39, 0.29) is 12.3 Å². The van der Waals surface area contributed by atoms with E-state index >= 15 is 0 Å². The molecule has 0 radical (unpaired) electrons. The molecule has 1 aromatic carbocycles. The van der Waals surface area contributed by atoms with E-state index < -0.39 is 11.5 Å². The van der Waals surface area contributed by atoms with E-state index in [1.54, 1.807) is 6.92 Å². The number of aliphatic carboxylic acids is 1. The fourth-order valence-corrected chi connectivity index (χ4v) is 1.89. The maximum atomic E-state index is 11.8. The van der Waals surface area contributed by atoms with Crippen molar-refractivity contribution < 1.29 is 19.4 Å². The van der Waals surface area contributed by atoms with Crippen molar-refractivity contribution in [2.75, 3.05) is 6.61 Å². The molecular formula is C17H25NO4. The predicted molar refractivity (Wildman–Crippen MR) is 85.1 cm³/mol. The maximum absolute atomic E-state index is 11.8. The summed E-state index contributed by atoms with van der Waals surface area (Å²) in [6, 6.07) is 5.87. The van der Waals surface area contributed by atoms with Crippen molar-refractivity contribution in [3.8, 4) is 5.75 Å². The number of carboxylic acid groups (broad SMARTS) is 1. The molecule has 0 aliphatic rings. The minimum Gasteiger partial charge on any atom is -0.494 e. The van der Waals surface area contributed by atoms with Crippen LogP contribution in [0.1, 0.15) is 44.2 Å². The molecule has 0 spiro atoms. The van der Waals surface area contributed by atoms with Crippen molar-refractivity contribution in [2.24, 2.45) is 0 Å². The molecule has 0 fully saturated rings. The van der Waals surface area contributed by atoms with E-state index in [1.807, 2.05) is 32.0 Å². The second kappa shape index (κ2) is 7.82. The Morgan fingerprint density at radius 1 is 1.27 bits per heavy atom. The van der Waals surface area contributed by atoms with Crippen LogP contribution in [0.2, 0.25) is 0 Å². The molecule has 0 aliphatic heterocycles. The molecule has 2 N–H and O–H groups in total. The topological polar surface area (TPSA) is 75.6 Å². The number of rotatable bonds is 8. The van der Waals surface area contributed by atoms with Crippen molar-refractivity contribution in [3.63, 3.8) is 0 Å². The molecule has 22 heavy (non-hydrogen) atoms. The highest BCUT2D eigenvalue weighted by atomic mass is 16.5. The van der Waals surface area contributed by atoms with Gasteiger partial charge in [0.1, 0.15) is 11.3 Å². The van der Waals surface area contributed by atoms with Gasteiger partial charge < -0.3 is 15.2 Å². The Hall–Kier alpha value is -2.04. The summed E-state index contributed by atoms with van der Waals surface area (Å²) in [5, 5.41) is 11.7. The molecule has 1 atom stereocenters. The Morgan fingerprint density at radius 3 is 2.50 bits per heavy atom. The van der Waals surface area contributed by atoms with Gasteiger partial charge in [-0.25, -0.2) is 4.79 Å². The molecule has 1 rings (SSSR count). The summed E-state index contributed by atoms with van der Waals surface area (Å²) < 4.78 is 5.60. The Bertz CT molecular complexity index is 541. The van der Waals surface area contributed by atoms with Crippen LogP contribution in [0.5, 0.6) is 5.75 Å². The quantitative estimate of drug-likeness (QED) is 0.724. The Labute approximate surface area is 131 Å². The van der Waals surface area contributed by atoms with Gasteiger partial charge in [-0.3, -0.25) is 4.79 Å². The Kier molecular flexibility index (Phi) is 6.40.